The molecule has 1 aliphatic heterocycles. The molecule has 1 aliphatic rings. The van der Waals surface area contributed by atoms with Crippen LogP contribution >= 0.6 is 11.8 Å². The first-order valence-corrected chi connectivity index (χ1v) is 9.14. The van der Waals surface area contributed by atoms with Gasteiger partial charge < -0.3 is 10.2 Å². The molecule has 0 spiro atoms. The SMILES string of the molecule is O=C(Nc1cccc(C(F)(F)F)c1)N1CCSC1c1cccc(C(F)(F)F)c1. The predicted octanol–water partition coefficient (Wildman–Crippen LogP) is 6.00. The topological polar surface area (TPSA) is 32.3 Å². The van der Waals surface area contributed by atoms with E-state index in [4.69, 9.17) is 0 Å². The Bertz CT molecular complexity index is 868. The van der Waals surface area contributed by atoms with E-state index in [-0.39, 0.29) is 12.2 Å². The molecule has 0 radical (unpaired) electrons. The molecule has 2 aromatic carbocycles. The van der Waals surface area contributed by atoms with Crippen LogP contribution in [0.2, 0.25) is 0 Å². The van der Waals surface area contributed by atoms with Crippen molar-refractivity contribution in [2.75, 3.05) is 17.6 Å². The van der Waals surface area contributed by atoms with Crippen molar-refractivity contribution >= 4 is 23.5 Å². The zero-order valence-electron chi connectivity index (χ0n) is 14.1. The van der Waals surface area contributed by atoms with Crippen LogP contribution in [-0.4, -0.2) is 23.2 Å². The smallest absolute Gasteiger partial charge is 0.308 e. The lowest BCUT2D eigenvalue weighted by Crippen LogP contribution is -2.34. The zero-order chi connectivity index (χ0) is 20.5. The van der Waals surface area contributed by atoms with Gasteiger partial charge in [-0.25, -0.2) is 4.79 Å². The van der Waals surface area contributed by atoms with Gasteiger partial charge in [0.1, 0.15) is 5.37 Å². The number of benzene rings is 2. The van der Waals surface area contributed by atoms with Crippen LogP contribution in [0.1, 0.15) is 22.1 Å². The number of carbonyl (C=O) groups excluding carboxylic acids is 1. The predicted molar refractivity (Wildman–Crippen MR) is 93.8 cm³/mol. The Labute approximate surface area is 160 Å². The summed E-state index contributed by atoms with van der Waals surface area (Å²) >= 11 is 1.29. The number of urea groups is 1. The maximum absolute atomic E-state index is 12.9. The third-order valence-electron chi connectivity index (χ3n) is 4.09. The number of amides is 2. The second-order valence-electron chi connectivity index (χ2n) is 6.05. The molecule has 2 aromatic rings. The van der Waals surface area contributed by atoms with Crippen LogP contribution in [0, 0.1) is 0 Å². The molecule has 3 nitrogen and oxygen atoms in total. The summed E-state index contributed by atoms with van der Waals surface area (Å²) in [6, 6.07) is 8.17. The van der Waals surface area contributed by atoms with Gasteiger partial charge in [-0.2, -0.15) is 26.3 Å². The average molecular weight is 420 g/mol. The van der Waals surface area contributed by atoms with Crippen LogP contribution < -0.4 is 5.32 Å². The van der Waals surface area contributed by atoms with Crippen molar-refractivity contribution in [2.45, 2.75) is 17.7 Å². The minimum Gasteiger partial charge on any atom is -0.308 e. The normalized spacial score (nSPS) is 17.6. The van der Waals surface area contributed by atoms with E-state index in [2.05, 4.69) is 5.32 Å². The standard InChI is InChI=1S/C18H14F6N2OS/c19-17(20,21)12-4-1-3-11(9-12)15-26(7-8-28-15)16(27)25-14-6-2-5-13(10-14)18(22,23)24/h1-6,9-10,15H,7-8H2,(H,25,27). The monoisotopic (exact) mass is 420 g/mol. The molecule has 0 aliphatic carbocycles. The average Bonchev–Trinajstić information content (AvgIpc) is 3.10. The lowest BCUT2D eigenvalue weighted by Gasteiger charge is -2.25. The molecule has 2 amide bonds. The maximum atomic E-state index is 12.9. The quantitative estimate of drug-likeness (QED) is 0.604. The zero-order valence-corrected chi connectivity index (χ0v) is 15.0. The number of nitrogens with zero attached hydrogens (tertiary/aromatic N) is 1. The summed E-state index contributed by atoms with van der Waals surface area (Å²) in [5.74, 6) is 0.497. The number of thioether (sulfide) groups is 1. The van der Waals surface area contributed by atoms with Gasteiger partial charge in [0.25, 0.3) is 0 Å². The third kappa shape index (κ3) is 4.54. The molecule has 150 valence electrons. The summed E-state index contributed by atoms with van der Waals surface area (Å²) < 4.78 is 77.2. The van der Waals surface area contributed by atoms with E-state index in [9.17, 15) is 31.1 Å². The summed E-state index contributed by atoms with van der Waals surface area (Å²) in [5.41, 5.74) is -1.47. The van der Waals surface area contributed by atoms with Crippen LogP contribution in [0.5, 0.6) is 0 Å². The van der Waals surface area contributed by atoms with Crippen molar-refractivity contribution in [3.63, 3.8) is 0 Å². The fourth-order valence-electron chi connectivity index (χ4n) is 2.79. The fraction of sp³-hybridized carbons (Fsp3) is 0.278. The molecule has 1 saturated heterocycles. The van der Waals surface area contributed by atoms with E-state index in [1.807, 2.05) is 0 Å². The van der Waals surface area contributed by atoms with Gasteiger partial charge in [-0.3, -0.25) is 0 Å². The highest BCUT2D eigenvalue weighted by Crippen LogP contribution is 2.40. The number of anilines is 1. The van der Waals surface area contributed by atoms with Gasteiger partial charge in [0.2, 0.25) is 0 Å². The second kappa shape index (κ2) is 7.57. The van der Waals surface area contributed by atoms with Crippen molar-refractivity contribution in [3.8, 4) is 0 Å². The molecule has 1 heterocycles. The van der Waals surface area contributed by atoms with Gasteiger partial charge in [-0.05, 0) is 35.9 Å². The van der Waals surface area contributed by atoms with Gasteiger partial charge in [0.15, 0.2) is 0 Å². The van der Waals surface area contributed by atoms with Crippen molar-refractivity contribution in [2.24, 2.45) is 0 Å². The lowest BCUT2D eigenvalue weighted by atomic mass is 10.1. The molecule has 1 N–H and O–H groups in total. The molecule has 1 unspecified atom stereocenters. The molecule has 0 aromatic heterocycles. The van der Waals surface area contributed by atoms with Crippen LogP contribution in [0.4, 0.5) is 36.8 Å². The second-order valence-corrected chi connectivity index (χ2v) is 7.24. The van der Waals surface area contributed by atoms with Crippen LogP contribution in [0.25, 0.3) is 0 Å². The first-order chi connectivity index (χ1) is 13.1. The summed E-state index contributed by atoms with van der Waals surface area (Å²) in [6.07, 6.45) is -9.06. The number of alkyl halides is 6. The summed E-state index contributed by atoms with van der Waals surface area (Å²) in [6.45, 7) is 0.260. The van der Waals surface area contributed by atoms with E-state index < -0.39 is 34.9 Å². The molecule has 0 saturated carbocycles. The number of hydrogen-bond donors (Lipinski definition) is 1. The fourth-order valence-corrected chi connectivity index (χ4v) is 4.04. The molecule has 1 fully saturated rings. The molecule has 3 rings (SSSR count). The number of hydrogen-bond acceptors (Lipinski definition) is 2. The minimum absolute atomic E-state index is 0.0421. The van der Waals surface area contributed by atoms with Gasteiger partial charge in [0, 0.05) is 18.0 Å². The maximum Gasteiger partial charge on any atom is 0.416 e. The molecule has 1 atom stereocenters. The van der Waals surface area contributed by atoms with Gasteiger partial charge >= 0.3 is 18.4 Å². The summed E-state index contributed by atoms with van der Waals surface area (Å²) in [5, 5.41) is 1.73. The largest absolute Gasteiger partial charge is 0.416 e. The Kier molecular flexibility index (Phi) is 5.51. The van der Waals surface area contributed by atoms with Crippen molar-refractivity contribution < 1.29 is 31.1 Å². The Balaban J connectivity index is 1.79. The van der Waals surface area contributed by atoms with E-state index in [0.29, 0.717) is 11.3 Å². The van der Waals surface area contributed by atoms with Gasteiger partial charge in [0.05, 0.1) is 11.1 Å². The number of nitrogens with one attached hydrogen (secondary N) is 1. The Morgan fingerprint density at radius 3 is 2.21 bits per heavy atom. The highest BCUT2D eigenvalue weighted by atomic mass is 32.2. The van der Waals surface area contributed by atoms with Crippen LogP contribution in [-0.2, 0) is 12.4 Å². The van der Waals surface area contributed by atoms with E-state index in [0.717, 1.165) is 24.3 Å². The van der Waals surface area contributed by atoms with Gasteiger partial charge in [-0.15, -0.1) is 11.8 Å². The van der Waals surface area contributed by atoms with Gasteiger partial charge in [-0.1, -0.05) is 18.2 Å². The molecule has 28 heavy (non-hydrogen) atoms. The first-order valence-electron chi connectivity index (χ1n) is 8.09. The summed E-state index contributed by atoms with van der Waals surface area (Å²) in [4.78, 5) is 13.8. The molecule has 10 heteroatoms. The van der Waals surface area contributed by atoms with E-state index >= 15 is 0 Å². The Morgan fingerprint density at radius 2 is 1.57 bits per heavy atom. The highest BCUT2D eigenvalue weighted by molar-refractivity contribution is 7.99. The molecular formula is C18H14F6N2OS. The Hall–Kier alpha value is -2.36. The Morgan fingerprint density at radius 1 is 0.964 bits per heavy atom. The highest BCUT2D eigenvalue weighted by Gasteiger charge is 2.35. The van der Waals surface area contributed by atoms with Crippen molar-refractivity contribution in [1.82, 2.24) is 4.90 Å². The lowest BCUT2D eigenvalue weighted by molar-refractivity contribution is -0.138. The minimum atomic E-state index is -4.55. The number of rotatable bonds is 2. The first kappa shape index (κ1) is 20.4. The van der Waals surface area contributed by atoms with E-state index in [1.54, 1.807) is 0 Å². The molecular weight excluding hydrogens is 406 g/mol. The van der Waals surface area contributed by atoms with Crippen LogP contribution in [0.3, 0.4) is 0 Å². The number of carbonyl (C=O) groups is 1. The van der Waals surface area contributed by atoms with Crippen LogP contribution in [0.15, 0.2) is 48.5 Å². The number of halogens is 6. The van der Waals surface area contributed by atoms with E-state index in [1.165, 1.54) is 40.9 Å². The third-order valence-corrected chi connectivity index (χ3v) is 5.35. The van der Waals surface area contributed by atoms with Crippen molar-refractivity contribution in [3.05, 3.63) is 65.2 Å². The summed E-state index contributed by atoms with van der Waals surface area (Å²) in [7, 11) is 0. The van der Waals surface area contributed by atoms with Crippen molar-refractivity contribution in [1.29, 1.82) is 0 Å². The molecule has 0 bridgehead atoms.